The third-order valence-electron chi connectivity index (χ3n) is 6.58. The Kier molecular flexibility index (Phi) is 8.08. The van der Waals surface area contributed by atoms with Crippen molar-refractivity contribution in [2.24, 2.45) is 0 Å². The minimum atomic E-state index is -0.189. The quantitative estimate of drug-likeness (QED) is 0.467. The van der Waals surface area contributed by atoms with Gasteiger partial charge in [-0.3, -0.25) is 0 Å². The number of hydrogen-bond donors (Lipinski definition) is 1. The van der Waals surface area contributed by atoms with E-state index in [-0.39, 0.29) is 11.9 Å². The van der Waals surface area contributed by atoms with Crippen molar-refractivity contribution in [2.75, 3.05) is 51.0 Å². The van der Waals surface area contributed by atoms with E-state index in [0.29, 0.717) is 23.0 Å². The molecule has 1 aromatic carbocycles. The summed E-state index contributed by atoms with van der Waals surface area (Å²) >= 11 is 0. The molecule has 1 aliphatic heterocycles. The first-order valence-corrected chi connectivity index (χ1v) is 12.7. The van der Waals surface area contributed by atoms with Crippen molar-refractivity contribution < 1.29 is 9.13 Å². The van der Waals surface area contributed by atoms with Crippen LogP contribution < -0.4 is 15.0 Å². The molecule has 3 aromatic rings. The van der Waals surface area contributed by atoms with E-state index in [0.717, 1.165) is 61.9 Å². The fourth-order valence-electron chi connectivity index (χ4n) is 4.65. The Balaban J connectivity index is 1.57. The van der Waals surface area contributed by atoms with Crippen LogP contribution in [0.5, 0.6) is 5.75 Å². The lowest BCUT2D eigenvalue weighted by Crippen LogP contribution is -2.35. The van der Waals surface area contributed by atoms with Gasteiger partial charge in [0.2, 0.25) is 5.75 Å². The topological polar surface area (TPSA) is 71.3 Å². The number of imidazole rings is 1. The van der Waals surface area contributed by atoms with Crippen molar-refractivity contribution in [1.82, 2.24) is 24.4 Å². The van der Waals surface area contributed by atoms with Crippen molar-refractivity contribution in [1.29, 1.82) is 0 Å². The summed E-state index contributed by atoms with van der Waals surface area (Å²) in [4.78, 5) is 18.5. The molecule has 0 saturated carbocycles. The van der Waals surface area contributed by atoms with Gasteiger partial charge in [-0.05, 0) is 71.5 Å². The summed E-state index contributed by atoms with van der Waals surface area (Å²) in [5, 5.41) is 3.13. The second kappa shape index (κ2) is 11.2. The van der Waals surface area contributed by atoms with E-state index in [1.165, 1.54) is 6.07 Å². The van der Waals surface area contributed by atoms with Gasteiger partial charge in [-0.15, -0.1) is 0 Å². The number of benzene rings is 1. The first kappa shape index (κ1) is 25.9. The molecule has 0 unspecified atom stereocenters. The summed E-state index contributed by atoms with van der Waals surface area (Å²) in [6, 6.07) is 5.22. The Labute approximate surface area is 213 Å². The number of rotatable bonds is 9. The zero-order valence-corrected chi connectivity index (χ0v) is 22.3. The van der Waals surface area contributed by atoms with Gasteiger partial charge in [-0.2, -0.15) is 0 Å². The fraction of sp³-hybridized carbons (Fsp3) is 0.519. The Morgan fingerprint density at radius 2 is 1.94 bits per heavy atom. The average molecular weight is 496 g/mol. The van der Waals surface area contributed by atoms with Gasteiger partial charge in [0.25, 0.3) is 0 Å². The monoisotopic (exact) mass is 495 g/mol. The van der Waals surface area contributed by atoms with E-state index in [1.807, 2.05) is 33.0 Å². The van der Waals surface area contributed by atoms with Gasteiger partial charge in [0.1, 0.15) is 18.0 Å². The van der Waals surface area contributed by atoms with Crippen LogP contribution >= 0.6 is 0 Å². The van der Waals surface area contributed by atoms with Crippen molar-refractivity contribution in [3.8, 4) is 17.0 Å². The molecule has 0 aliphatic carbocycles. The lowest BCUT2D eigenvalue weighted by Gasteiger charge is -2.34. The number of likely N-dealkylation sites (N-methyl/N-ethyl adjacent to an activating group) is 1. The maximum Gasteiger partial charge on any atom is 0.204 e. The average Bonchev–Trinajstić information content (AvgIpc) is 3.28. The summed E-state index contributed by atoms with van der Waals surface area (Å²) in [6.07, 6.45) is 5.65. The lowest BCUT2D eigenvalue weighted by atomic mass is 9.95. The number of hydrogen-bond acceptors (Lipinski definition) is 7. The highest BCUT2D eigenvalue weighted by Gasteiger charge is 2.28. The summed E-state index contributed by atoms with van der Waals surface area (Å²) in [5.41, 5.74) is 2.49. The van der Waals surface area contributed by atoms with Crippen LogP contribution in [0.2, 0.25) is 0 Å². The fourth-order valence-corrected chi connectivity index (χ4v) is 4.65. The van der Waals surface area contributed by atoms with E-state index in [4.69, 9.17) is 9.72 Å². The highest BCUT2D eigenvalue weighted by molar-refractivity contribution is 5.65. The molecule has 8 nitrogen and oxygen atoms in total. The number of ether oxygens (including phenoxy) is 1. The van der Waals surface area contributed by atoms with Crippen LogP contribution in [0.1, 0.15) is 44.0 Å². The standard InChI is InChI=1S/C27H38FN7O/c1-18(2)36-24-25(29-4)30-17-31-27(24)34-11-9-20(10-12-34)26-32-23(16-35(26)14-13-33(5)6)21-7-8-22(28)19(3)15-21/h7-8,15-18,20H,9-14H2,1-6H3,(H,29,30,31). The Hall–Kier alpha value is -3.20. The molecule has 1 fully saturated rings. The van der Waals surface area contributed by atoms with Crippen LogP contribution in [0.25, 0.3) is 11.3 Å². The molecule has 2 aromatic heterocycles. The summed E-state index contributed by atoms with van der Waals surface area (Å²) in [5.74, 6) is 3.49. The number of halogens is 1. The molecular weight excluding hydrogens is 457 g/mol. The molecule has 3 heterocycles. The third kappa shape index (κ3) is 5.78. The first-order valence-electron chi connectivity index (χ1n) is 12.7. The second-order valence-electron chi connectivity index (χ2n) is 10.00. The van der Waals surface area contributed by atoms with Crippen molar-refractivity contribution in [3.05, 3.63) is 47.9 Å². The summed E-state index contributed by atoms with van der Waals surface area (Å²) in [7, 11) is 6.01. The van der Waals surface area contributed by atoms with Crippen LogP contribution in [-0.4, -0.2) is 71.3 Å². The molecule has 1 saturated heterocycles. The zero-order chi connectivity index (χ0) is 25.8. The Morgan fingerprint density at radius 1 is 1.19 bits per heavy atom. The number of nitrogens with zero attached hydrogens (tertiary/aromatic N) is 6. The third-order valence-corrected chi connectivity index (χ3v) is 6.58. The van der Waals surface area contributed by atoms with Crippen molar-refractivity contribution in [2.45, 2.75) is 52.2 Å². The highest BCUT2D eigenvalue weighted by Crippen LogP contribution is 2.37. The van der Waals surface area contributed by atoms with Gasteiger partial charge < -0.3 is 24.4 Å². The van der Waals surface area contributed by atoms with E-state index in [9.17, 15) is 4.39 Å². The highest BCUT2D eigenvalue weighted by atomic mass is 19.1. The van der Waals surface area contributed by atoms with E-state index in [2.05, 4.69) is 49.9 Å². The Morgan fingerprint density at radius 3 is 2.58 bits per heavy atom. The number of aryl methyl sites for hydroxylation is 1. The maximum atomic E-state index is 13.9. The Bertz CT molecular complexity index is 1170. The molecule has 36 heavy (non-hydrogen) atoms. The SMILES string of the molecule is CNc1ncnc(N2CCC(c3nc(-c4ccc(F)c(C)c4)cn3CCN(C)C)CC2)c1OC(C)C. The molecule has 0 amide bonds. The largest absolute Gasteiger partial charge is 0.484 e. The van der Waals surface area contributed by atoms with Crippen LogP contribution in [0, 0.1) is 12.7 Å². The molecule has 194 valence electrons. The predicted molar refractivity (Wildman–Crippen MR) is 142 cm³/mol. The molecule has 1 aliphatic rings. The molecule has 1 N–H and O–H groups in total. The predicted octanol–water partition coefficient (Wildman–Crippen LogP) is 4.56. The minimum Gasteiger partial charge on any atom is -0.484 e. The number of anilines is 2. The van der Waals surface area contributed by atoms with Crippen LogP contribution in [0.15, 0.2) is 30.7 Å². The molecule has 0 atom stereocenters. The molecule has 9 heteroatoms. The van der Waals surface area contributed by atoms with E-state index < -0.39 is 0 Å². The van der Waals surface area contributed by atoms with Gasteiger partial charge in [-0.25, -0.2) is 19.3 Å². The zero-order valence-electron chi connectivity index (χ0n) is 22.3. The molecule has 0 radical (unpaired) electrons. The molecule has 0 bridgehead atoms. The lowest BCUT2D eigenvalue weighted by molar-refractivity contribution is 0.242. The smallest absolute Gasteiger partial charge is 0.204 e. The van der Waals surface area contributed by atoms with Gasteiger partial charge in [0.15, 0.2) is 11.6 Å². The molecule has 4 rings (SSSR count). The first-order chi connectivity index (χ1) is 17.3. The van der Waals surface area contributed by atoms with Crippen molar-refractivity contribution in [3.63, 3.8) is 0 Å². The van der Waals surface area contributed by atoms with Crippen LogP contribution in [0.3, 0.4) is 0 Å². The molecule has 0 spiro atoms. The van der Waals surface area contributed by atoms with Crippen molar-refractivity contribution >= 4 is 11.6 Å². The van der Waals surface area contributed by atoms with Crippen LogP contribution in [-0.2, 0) is 6.54 Å². The van der Waals surface area contributed by atoms with Gasteiger partial charge in [0, 0.05) is 50.9 Å². The maximum absolute atomic E-state index is 13.9. The molecular formula is C27H38FN7O. The van der Waals surface area contributed by atoms with Gasteiger partial charge in [0.05, 0.1) is 11.8 Å². The summed E-state index contributed by atoms with van der Waals surface area (Å²) < 4.78 is 22.2. The normalized spacial score (nSPS) is 14.6. The van der Waals surface area contributed by atoms with Gasteiger partial charge >= 0.3 is 0 Å². The number of piperidine rings is 1. The summed E-state index contributed by atoms with van der Waals surface area (Å²) in [6.45, 7) is 9.30. The second-order valence-corrected chi connectivity index (χ2v) is 10.00. The number of aromatic nitrogens is 4. The number of nitrogens with one attached hydrogen (secondary N) is 1. The minimum absolute atomic E-state index is 0.0251. The van der Waals surface area contributed by atoms with E-state index in [1.54, 1.807) is 13.3 Å². The van der Waals surface area contributed by atoms with Crippen LogP contribution in [0.4, 0.5) is 16.0 Å². The van der Waals surface area contributed by atoms with E-state index >= 15 is 0 Å². The van der Waals surface area contributed by atoms with Gasteiger partial charge in [-0.1, -0.05) is 0 Å².